The largest absolute Gasteiger partial charge is 0.495 e. The number of nitrogens with zero attached hydrogens (tertiary/aromatic N) is 2. The molecule has 0 fully saturated rings. The number of nitrogens with one attached hydrogen (secondary N) is 4. The summed E-state index contributed by atoms with van der Waals surface area (Å²) in [6.07, 6.45) is 3.13. The number of ether oxygens (including phenoxy) is 1. The molecule has 0 aliphatic rings. The Kier molecular flexibility index (Phi) is 8.40. The predicted octanol–water partition coefficient (Wildman–Crippen LogP) is 4.82. The fraction of sp³-hybridized carbons (Fsp3) is 0.250. The van der Waals surface area contributed by atoms with Crippen LogP contribution in [0.1, 0.15) is 53.1 Å². The van der Waals surface area contributed by atoms with E-state index in [2.05, 4.69) is 30.9 Å². The number of amides is 3. The minimum absolute atomic E-state index is 0.0829. The molecule has 11 nitrogen and oxygen atoms in total. The molecule has 0 bridgehead atoms. The van der Waals surface area contributed by atoms with Gasteiger partial charge in [-0.25, -0.2) is 19.6 Å². The van der Waals surface area contributed by atoms with Crippen molar-refractivity contribution in [2.75, 3.05) is 17.7 Å². The fourth-order valence-electron chi connectivity index (χ4n) is 4.15. The van der Waals surface area contributed by atoms with E-state index in [1.165, 1.54) is 19.2 Å². The first-order valence-electron chi connectivity index (χ1n) is 12.5. The van der Waals surface area contributed by atoms with Gasteiger partial charge in [0.2, 0.25) is 5.91 Å². The van der Waals surface area contributed by atoms with Crippen LogP contribution in [0.25, 0.3) is 11.0 Å². The van der Waals surface area contributed by atoms with E-state index in [0.717, 1.165) is 12.0 Å². The van der Waals surface area contributed by atoms with Crippen LogP contribution in [0.15, 0.2) is 54.7 Å². The van der Waals surface area contributed by atoms with Gasteiger partial charge in [0.15, 0.2) is 0 Å². The zero-order chi connectivity index (χ0) is 27.9. The number of rotatable bonds is 10. The average molecular weight is 531 g/mol. The number of aromatic carboxylic acids is 1. The molecule has 2 aromatic heterocycles. The number of aromatic nitrogens is 3. The van der Waals surface area contributed by atoms with Gasteiger partial charge in [0, 0.05) is 6.20 Å². The van der Waals surface area contributed by atoms with Crippen molar-refractivity contribution in [1.82, 2.24) is 20.3 Å². The Bertz CT molecular complexity index is 1520. The number of hydrogen-bond donors (Lipinski definition) is 5. The Morgan fingerprint density at radius 1 is 1.10 bits per heavy atom. The second-order valence-electron chi connectivity index (χ2n) is 9.03. The van der Waals surface area contributed by atoms with Crippen molar-refractivity contribution in [1.29, 1.82) is 0 Å². The molecule has 2 aromatic carbocycles. The van der Waals surface area contributed by atoms with Gasteiger partial charge >= 0.3 is 12.0 Å². The smallest absolute Gasteiger partial charge is 0.335 e. The lowest BCUT2D eigenvalue weighted by atomic mass is 10.1. The Balaban J connectivity index is 1.43. The molecule has 0 radical (unpaired) electrons. The maximum atomic E-state index is 13.0. The number of H-pyrrole nitrogens is 1. The molecule has 0 aliphatic carbocycles. The van der Waals surface area contributed by atoms with Gasteiger partial charge in [-0.15, -0.1) is 0 Å². The molecule has 1 unspecified atom stereocenters. The van der Waals surface area contributed by atoms with Gasteiger partial charge in [0.1, 0.15) is 17.4 Å². The number of anilines is 2. The van der Waals surface area contributed by atoms with Crippen molar-refractivity contribution in [3.8, 4) is 5.75 Å². The summed E-state index contributed by atoms with van der Waals surface area (Å²) in [7, 11) is 1.49. The van der Waals surface area contributed by atoms with Crippen LogP contribution in [0.2, 0.25) is 0 Å². The molecule has 3 amide bonds. The molecule has 0 saturated carbocycles. The van der Waals surface area contributed by atoms with Crippen LogP contribution < -0.4 is 20.7 Å². The molecule has 0 saturated heterocycles. The lowest BCUT2D eigenvalue weighted by molar-refractivity contribution is -0.121. The topological polar surface area (TPSA) is 158 Å². The maximum Gasteiger partial charge on any atom is 0.335 e. The number of methoxy groups -OCH3 is 1. The molecule has 4 aromatic rings. The van der Waals surface area contributed by atoms with Gasteiger partial charge in [-0.2, -0.15) is 0 Å². The number of benzene rings is 2. The fourth-order valence-corrected chi connectivity index (χ4v) is 4.15. The highest BCUT2D eigenvalue weighted by Crippen LogP contribution is 2.27. The van der Waals surface area contributed by atoms with Crippen molar-refractivity contribution >= 4 is 40.4 Å². The molecular formula is C28H30N6O5. The summed E-state index contributed by atoms with van der Waals surface area (Å²) in [5.41, 5.74) is 3.34. The minimum Gasteiger partial charge on any atom is -0.495 e. The van der Waals surface area contributed by atoms with Crippen LogP contribution in [0.5, 0.6) is 5.75 Å². The first kappa shape index (κ1) is 27.1. The van der Waals surface area contributed by atoms with Gasteiger partial charge < -0.3 is 25.5 Å². The van der Waals surface area contributed by atoms with Crippen molar-refractivity contribution < 1.29 is 24.2 Å². The molecule has 0 spiro atoms. The Morgan fingerprint density at radius 3 is 2.64 bits per heavy atom. The van der Waals surface area contributed by atoms with Gasteiger partial charge in [-0.05, 0) is 60.9 Å². The molecule has 2 heterocycles. The van der Waals surface area contributed by atoms with Gasteiger partial charge in [-0.3, -0.25) is 10.1 Å². The second-order valence-corrected chi connectivity index (χ2v) is 9.03. The van der Waals surface area contributed by atoms with E-state index in [0.29, 0.717) is 46.1 Å². The van der Waals surface area contributed by atoms with Gasteiger partial charge in [0.25, 0.3) is 0 Å². The standard InChI is InChI=1S/C28H30N6O5/c1-4-6-21(26-31-19-11-9-18(27(36)37)15-22(19)32-26)30-24(35)14-17-8-10-20(23(13-17)39-3)33-28(38)34-25-16(2)7-5-12-29-25/h5,7-13,15,21H,4,6,14H2,1-3H3,(H,30,35)(H,31,32)(H,36,37)(H2,29,33,34,38). The lowest BCUT2D eigenvalue weighted by Gasteiger charge is -2.17. The van der Waals surface area contributed by atoms with E-state index in [1.807, 2.05) is 19.9 Å². The zero-order valence-electron chi connectivity index (χ0n) is 21.9. The first-order valence-corrected chi connectivity index (χ1v) is 12.5. The third-order valence-electron chi connectivity index (χ3n) is 6.11. The summed E-state index contributed by atoms with van der Waals surface area (Å²) >= 11 is 0. The van der Waals surface area contributed by atoms with Crippen LogP contribution in [0.4, 0.5) is 16.3 Å². The van der Waals surface area contributed by atoms with E-state index in [4.69, 9.17) is 4.74 Å². The number of aryl methyl sites for hydroxylation is 1. The van der Waals surface area contributed by atoms with Crippen LogP contribution in [0, 0.1) is 6.92 Å². The summed E-state index contributed by atoms with van der Waals surface area (Å²) in [6, 6.07) is 12.6. The maximum absolute atomic E-state index is 13.0. The highest BCUT2D eigenvalue weighted by atomic mass is 16.5. The molecule has 5 N–H and O–H groups in total. The number of carbonyl (C=O) groups is 3. The zero-order valence-corrected chi connectivity index (χ0v) is 21.9. The summed E-state index contributed by atoms with van der Waals surface area (Å²) in [5.74, 6) is 0.188. The number of pyridine rings is 1. The normalized spacial score (nSPS) is 11.6. The Hall–Kier alpha value is -4.93. The third-order valence-corrected chi connectivity index (χ3v) is 6.11. The highest BCUT2D eigenvalue weighted by molar-refractivity contribution is 6.00. The summed E-state index contributed by atoms with van der Waals surface area (Å²) in [4.78, 5) is 48.6. The van der Waals surface area contributed by atoms with E-state index < -0.39 is 12.0 Å². The van der Waals surface area contributed by atoms with Crippen molar-refractivity contribution in [3.63, 3.8) is 0 Å². The van der Waals surface area contributed by atoms with Crippen molar-refractivity contribution in [3.05, 3.63) is 77.2 Å². The first-order chi connectivity index (χ1) is 18.8. The lowest BCUT2D eigenvalue weighted by Crippen LogP contribution is -2.30. The molecule has 1 atom stereocenters. The number of carbonyl (C=O) groups excluding carboxylic acids is 2. The molecule has 39 heavy (non-hydrogen) atoms. The number of urea groups is 1. The van der Waals surface area contributed by atoms with E-state index in [1.54, 1.807) is 36.5 Å². The number of aromatic amines is 1. The van der Waals surface area contributed by atoms with Crippen molar-refractivity contribution in [2.24, 2.45) is 0 Å². The monoisotopic (exact) mass is 530 g/mol. The molecule has 11 heteroatoms. The summed E-state index contributed by atoms with van der Waals surface area (Å²) in [6.45, 7) is 3.85. The Labute approximate surface area is 225 Å². The molecule has 0 aliphatic heterocycles. The number of carboxylic acid groups (broad SMARTS) is 1. The quantitative estimate of drug-likeness (QED) is 0.197. The summed E-state index contributed by atoms with van der Waals surface area (Å²) in [5, 5.41) is 17.7. The van der Waals surface area contributed by atoms with E-state index in [-0.39, 0.29) is 23.9 Å². The number of fused-ring (bicyclic) bond motifs is 1. The second kappa shape index (κ2) is 12.1. The van der Waals surface area contributed by atoms with E-state index in [9.17, 15) is 19.5 Å². The number of carboxylic acids is 1. The third kappa shape index (κ3) is 6.69. The van der Waals surface area contributed by atoms with Crippen LogP contribution in [-0.4, -0.2) is 45.1 Å². The average Bonchev–Trinajstić information content (AvgIpc) is 3.34. The molecule has 202 valence electrons. The summed E-state index contributed by atoms with van der Waals surface area (Å²) < 4.78 is 5.44. The predicted molar refractivity (Wildman–Crippen MR) is 147 cm³/mol. The Morgan fingerprint density at radius 2 is 1.92 bits per heavy atom. The van der Waals surface area contributed by atoms with Crippen molar-refractivity contribution in [2.45, 2.75) is 39.2 Å². The molecular weight excluding hydrogens is 500 g/mol. The van der Waals surface area contributed by atoms with Crippen LogP contribution in [-0.2, 0) is 11.2 Å². The van der Waals surface area contributed by atoms with E-state index >= 15 is 0 Å². The highest BCUT2D eigenvalue weighted by Gasteiger charge is 2.19. The SMILES string of the molecule is CCCC(NC(=O)Cc1ccc(NC(=O)Nc2ncccc2C)c(OC)c1)c1nc2ccc(C(=O)O)cc2[nH]1. The van der Waals surface area contributed by atoms with Crippen LogP contribution in [0.3, 0.4) is 0 Å². The number of hydrogen-bond acceptors (Lipinski definition) is 6. The van der Waals surface area contributed by atoms with Gasteiger partial charge in [-0.1, -0.05) is 25.5 Å². The van der Waals surface area contributed by atoms with Gasteiger partial charge in [0.05, 0.1) is 41.9 Å². The number of imidazole rings is 1. The molecule has 4 rings (SSSR count). The van der Waals surface area contributed by atoms with Crippen LogP contribution >= 0.6 is 0 Å². The minimum atomic E-state index is -1.02.